The van der Waals surface area contributed by atoms with E-state index in [9.17, 15) is 35.4 Å². The number of aliphatic hydroxyl groups excluding tert-OH is 3. The molecule has 0 aliphatic carbocycles. The maximum atomic E-state index is 13.6. The number of ether oxygens (including phenoxy) is 3. The highest BCUT2D eigenvalue weighted by atomic mass is 16.5. The van der Waals surface area contributed by atoms with E-state index < -0.39 is 41.7 Å². The van der Waals surface area contributed by atoms with Crippen molar-refractivity contribution in [3.8, 4) is 40.1 Å². The van der Waals surface area contributed by atoms with Crippen molar-refractivity contribution in [1.29, 1.82) is 0 Å². The molecule has 3 aromatic rings. The van der Waals surface area contributed by atoms with Crippen molar-refractivity contribution in [2.24, 2.45) is 0 Å². The lowest BCUT2D eigenvalue weighted by molar-refractivity contribution is -0.219. The first-order valence-electron chi connectivity index (χ1n) is 10.3. The Kier molecular flexibility index (Phi) is 6.04. The van der Waals surface area contributed by atoms with E-state index in [1.807, 2.05) is 0 Å². The van der Waals surface area contributed by atoms with Crippen molar-refractivity contribution >= 4 is 11.0 Å². The van der Waals surface area contributed by atoms with Crippen LogP contribution in [0.25, 0.3) is 22.3 Å². The fraction of sp³-hybridized carbons (Fsp3) is 0.348. The molecule has 34 heavy (non-hydrogen) atoms. The lowest BCUT2D eigenvalue weighted by Crippen LogP contribution is -2.53. The van der Waals surface area contributed by atoms with Gasteiger partial charge in [0.2, 0.25) is 11.2 Å². The van der Waals surface area contributed by atoms with Crippen molar-refractivity contribution < 1.29 is 49.3 Å². The van der Waals surface area contributed by atoms with Gasteiger partial charge in [-0.1, -0.05) is 0 Å². The molecule has 1 aliphatic rings. The van der Waals surface area contributed by atoms with Gasteiger partial charge in [0, 0.05) is 17.7 Å². The highest BCUT2D eigenvalue weighted by molar-refractivity contribution is 5.87. The molecule has 0 saturated carbocycles. The SMILES string of the molecule is COc1cc(-c2oc3cc(O)cc(O)c3c(=O)c2[C@@H]2O[C@@H](C)[C@H](O)[C@@H](O)[C@H]2O)cc(OC)c1O. The molecule has 1 saturated heterocycles. The Hall–Kier alpha value is -3.51. The molecule has 2 aromatic carbocycles. The molecule has 6 N–H and O–H groups in total. The number of aromatic hydroxyl groups is 3. The smallest absolute Gasteiger partial charge is 0.203 e. The minimum absolute atomic E-state index is 0.0178. The minimum Gasteiger partial charge on any atom is -0.508 e. The predicted molar refractivity (Wildman–Crippen MR) is 117 cm³/mol. The van der Waals surface area contributed by atoms with Gasteiger partial charge >= 0.3 is 0 Å². The molecule has 1 aliphatic heterocycles. The molecule has 0 amide bonds. The van der Waals surface area contributed by atoms with Crippen LogP contribution in [0, 0.1) is 0 Å². The van der Waals surface area contributed by atoms with Crippen LogP contribution in [0.1, 0.15) is 18.6 Å². The Morgan fingerprint density at radius 2 is 1.50 bits per heavy atom. The summed E-state index contributed by atoms with van der Waals surface area (Å²) in [5.41, 5.74) is -1.09. The van der Waals surface area contributed by atoms with Gasteiger partial charge in [-0.05, 0) is 19.1 Å². The van der Waals surface area contributed by atoms with Crippen LogP contribution in [-0.2, 0) is 4.74 Å². The summed E-state index contributed by atoms with van der Waals surface area (Å²) in [6.45, 7) is 1.46. The average molecular weight is 476 g/mol. The van der Waals surface area contributed by atoms with E-state index in [2.05, 4.69) is 0 Å². The molecule has 1 fully saturated rings. The quantitative estimate of drug-likeness (QED) is 0.318. The molecule has 0 spiro atoms. The molecular formula is C23H24O11. The second-order valence-corrected chi connectivity index (χ2v) is 7.97. The molecule has 2 heterocycles. The number of phenols is 3. The van der Waals surface area contributed by atoms with Crippen LogP contribution in [0.5, 0.6) is 28.7 Å². The first-order valence-corrected chi connectivity index (χ1v) is 10.3. The van der Waals surface area contributed by atoms with Gasteiger partial charge in [0.05, 0.1) is 25.9 Å². The first-order chi connectivity index (χ1) is 16.1. The van der Waals surface area contributed by atoms with E-state index in [1.165, 1.54) is 33.3 Å². The summed E-state index contributed by atoms with van der Waals surface area (Å²) in [6, 6.07) is 4.77. The molecule has 0 bridgehead atoms. The van der Waals surface area contributed by atoms with Gasteiger partial charge in [-0.15, -0.1) is 0 Å². The van der Waals surface area contributed by atoms with Crippen LogP contribution < -0.4 is 14.9 Å². The van der Waals surface area contributed by atoms with Crippen molar-refractivity contribution in [3.05, 3.63) is 40.1 Å². The zero-order valence-corrected chi connectivity index (χ0v) is 18.4. The van der Waals surface area contributed by atoms with E-state index in [4.69, 9.17) is 18.6 Å². The van der Waals surface area contributed by atoms with E-state index >= 15 is 0 Å². The van der Waals surface area contributed by atoms with Crippen molar-refractivity contribution in [2.45, 2.75) is 37.4 Å². The number of fused-ring (bicyclic) bond motifs is 1. The van der Waals surface area contributed by atoms with Crippen molar-refractivity contribution in [2.75, 3.05) is 14.2 Å². The number of hydrogen-bond donors (Lipinski definition) is 6. The van der Waals surface area contributed by atoms with E-state index in [0.717, 1.165) is 12.1 Å². The Morgan fingerprint density at radius 3 is 2.09 bits per heavy atom. The molecule has 5 atom stereocenters. The summed E-state index contributed by atoms with van der Waals surface area (Å²) >= 11 is 0. The largest absolute Gasteiger partial charge is 0.508 e. The first kappa shape index (κ1) is 23.6. The topological polar surface area (TPSA) is 179 Å². The number of hydrogen-bond acceptors (Lipinski definition) is 11. The van der Waals surface area contributed by atoms with E-state index in [0.29, 0.717) is 0 Å². The summed E-state index contributed by atoms with van der Waals surface area (Å²) in [5, 5.41) is 61.4. The van der Waals surface area contributed by atoms with Gasteiger partial charge in [-0.25, -0.2) is 0 Å². The predicted octanol–water partition coefficient (Wildman–Crippen LogP) is 1.14. The van der Waals surface area contributed by atoms with E-state index in [-0.39, 0.29) is 50.9 Å². The lowest BCUT2D eigenvalue weighted by Gasteiger charge is -2.39. The number of methoxy groups -OCH3 is 2. The van der Waals surface area contributed by atoms with Gasteiger partial charge in [-0.3, -0.25) is 4.79 Å². The Bertz CT molecular complexity index is 1270. The zero-order valence-electron chi connectivity index (χ0n) is 18.4. The molecular weight excluding hydrogens is 452 g/mol. The monoisotopic (exact) mass is 476 g/mol. The second-order valence-electron chi connectivity index (χ2n) is 7.97. The normalized spacial score (nSPS) is 24.8. The third kappa shape index (κ3) is 3.68. The van der Waals surface area contributed by atoms with Crippen LogP contribution in [0.2, 0.25) is 0 Å². The average Bonchev–Trinajstić information content (AvgIpc) is 2.79. The summed E-state index contributed by atoms with van der Waals surface area (Å²) < 4.78 is 22.0. The number of rotatable bonds is 4. The summed E-state index contributed by atoms with van der Waals surface area (Å²) in [4.78, 5) is 13.6. The highest BCUT2D eigenvalue weighted by Gasteiger charge is 2.45. The van der Waals surface area contributed by atoms with Gasteiger partial charge < -0.3 is 49.3 Å². The van der Waals surface area contributed by atoms with Gasteiger partial charge in [0.1, 0.15) is 52.6 Å². The molecule has 0 radical (unpaired) electrons. The fourth-order valence-electron chi connectivity index (χ4n) is 4.09. The molecule has 11 nitrogen and oxygen atoms in total. The minimum atomic E-state index is -1.73. The van der Waals surface area contributed by atoms with Crippen LogP contribution in [0.3, 0.4) is 0 Å². The maximum Gasteiger partial charge on any atom is 0.203 e. The van der Waals surface area contributed by atoms with Crippen LogP contribution in [0.15, 0.2) is 33.5 Å². The van der Waals surface area contributed by atoms with Crippen molar-refractivity contribution in [1.82, 2.24) is 0 Å². The van der Waals surface area contributed by atoms with Crippen molar-refractivity contribution in [3.63, 3.8) is 0 Å². The zero-order chi connectivity index (χ0) is 24.9. The number of benzene rings is 2. The molecule has 1 aromatic heterocycles. The van der Waals surface area contributed by atoms with Crippen LogP contribution in [-0.4, -0.2) is 69.3 Å². The Balaban J connectivity index is 2.08. The van der Waals surface area contributed by atoms with Gasteiger partial charge in [0.25, 0.3) is 0 Å². The van der Waals surface area contributed by atoms with Gasteiger partial charge in [-0.2, -0.15) is 0 Å². The number of aliphatic hydroxyl groups is 3. The Labute approximate surface area is 192 Å². The fourth-order valence-corrected chi connectivity index (χ4v) is 4.09. The van der Waals surface area contributed by atoms with Gasteiger partial charge in [0.15, 0.2) is 11.5 Å². The molecule has 4 rings (SSSR count). The summed E-state index contributed by atoms with van der Waals surface area (Å²) in [5.74, 6) is -1.45. The molecule has 182 valence electrons. The Morgan fingerprint density at radius 1 is 0.882 bits per heavy atom. The molecule has 11 heteroatoms. The standard InChI is InChI=1S/C23H24O11/c1-8-17(26)20(29)21(30)23(33-8)16-19(28)15-11(25)6-10(24)7-12(15)34-22(16)9-4-13(31-2)18(27)14(5-9)32-3/h4-8,17,20-21,23-27,29-30H,1-3H3/t8-,17-,20+,21+,23-/m0/s1. The summed E-state index contributed by atoms with van der Waals surface area (Å²) in [7, 11) is 2.61. The highest BCUT2D eigenvalue weighted by Crippen LogP contribution is 2.44. The van der Waals surface area contributed by atoms with E-state index in [1.54, 1.807) is 0 Å². The maximum absolute atomic E-state index is 13.6. The lowest BCUT2D eigenvalue weighted by atomic mass is 9.89. The number of phenolic OH excluding ortho intramolecular Hbond substituents is 3. The molecule has 0 unspecified atom stereocenters. The summed E-state index contributed by atoms with van der Waals surface area (Å²) in [6.07, 6.45) is -7.23. The third-order valence-corrected chi connectivity index (χ3v) is 5.87. The second kappa shape index (κ2) is 8.69. The third-order valence-electron chi connectivity index (χ3n) is 5.87. The van der Waals surface area contributed by atoms with Crippen LogP contribution >= 0.6 is 0 Å². The van der Waals surface area contributed by atoms with Crippen LogP contribution in [0.4, 0.5) is 0 Å².